The fourth-order valence-electron chi connectivity index (χ4n) is 5.06. The summed E-state index contributed by atoms with van der Waals surface area (Å²) in [5.41, 5.74) is 0.409. The largest absolute Gasteiger partial charge is 0.465 e. The van der Waals surface area contributed by atoms with Crippen molar-refractivity contribution in [2.24, 2.45) is 5.41 Å². The van der Waals surface area contributed by atoms with Crippen LogP contribution in [0.5, 0.6) is 0 Å². The maximum Gasteiger partial charge on any atom is 0.407 e. The first-order chi connectivity index (χ1) is 14.9. The van der Waals surface area contributed by atoms with E-state index in [1.165, 1.54) is 4.90 Å². The standard InChI is InChI=1S/C21H26N6O4/c28-17-15-3-1-2-4-16(15)22-18(23-17)24-9-11-25(12-10-24)19(29)26-7-5-21(13-26)6-8-27(14-21)20(30)31/h1-4H,5-14H2,(H,30,31)(H,22,23,28). The van der Waals surface area contributed by atoms with Gasteiger partial charge in [-0.25, -0.2) is 14.6 Å². The number of H-pyrrole nitrogens is 1. The highest BCUT2D eigenvalue weighted by Gasteiger charge is 2.46. The quantitative estimate of drug-likeness (QED) is 0.709. The van der Waals surface area contributed by atoms with Crippen molar-refractivity contribution in [3.63, 3.8) is 0 Å². The Morgan fingerprint density at radius 1 is 0.935 bits per heavy atom. The van der Waals surface area contributed by atoms with Crippen molar-refractivity contribution < 1.29 is 14.7 Å². The predicted octanol–water partition coefficient (Wildman–Crippen LogP) is 1.24. The lowest BCUT2D eigenvalue weighted by Crippen LogP contribution is -2.53. The van der Waals surface area contributed by atoms with Crippen molar-refractivity contribution in [3.8, 4) is 0 Å². The van der Waals surface area contributed by atoms with Crippen molar-refractivity contribution in [2.45, 2.75) is 12.8 Å². The number of aromatic amines is 1. The zero-order valence-electron chi connectivity index (χ0n) is 17.3. The van der Waals surface area contributed by atoms with Gasteiger partial charge in [-0.05, 0) is 25.0 Å². The molecule has 1 atom stereocenters. The Balaban J connectivity index is 1.21. The van der Waals surface area contributed by atoms with Crippen molar-refractivity contribution in [2.75, 3.05) is 57.3 Å². The van der Waals surface area contributed by atoms with Crippen molar-refractivity contribution in [1.82, 2.24) is 24.7 Å². The summed E-state index contributed by atoms with van der Waals surface area (Å²) in [5.74, 6) is 0.538. The molecule has 31 heavy (non-hydrogen) atoms. The second-order valence-electron chi connectivity index (χ2n) is 8.79. The molecule has 1 unspecified atom stereocenters. The number of rotatable bonds is 1. The highest BCUT2D eigenvalue weighted by molar-refractivity contribution is 5.78. The van der Waals surface area contributed by atoms with E-state index in [2.05, 4.69) is 9.97 Å². The number of piperazine rings is 1. The molecule has 0 bridgehead atoms. The zero-order valence-corrected chi connectivity index (χ0v) is 17.3. The Kier molecular flexibility index (Phi) is 4.71. The van der Waals surface area contributed by atoms with Gasteiger partial charge in [0.15, 0.2) is 0 Å². The third-order valence-corrected chi connectivity index (χ3v) is 6.87. The number of para-hydroxylation sites is 1. The Morgan fingerprint density at radius 2 is 1.61 bits per heavy atom. The lowest BCUT2D eigenvalue weighted by molar-refractivity contribution is 0.144. The highest BCUT2D eigenvalue weighted by Crippen LogP contribution is 2.39. The number of carbonyl (C=O) groups excluding carboxylic acids is 1. The number of hydrogen-bond acceptors (Lipinski definition) is 5. The number of anilines is 1. The minimum atomic E-state index is -0.877. The normalized spacial score (nSPS) is 23.9. The second kappa shape index (κ2) is 7.44. The molecule has 4 heterocycles. The number of aromatic nitrogens is 2. The fraction of sp³-hybridized carbons (Fsp3) is 0.524. The van der Waals surface area contributed by atoms with Crippen LogP contribution in [0.4, 0.5) is 15.5 Å². The minimum Gasteiger partial charge on any atom is -0.465 e. The van der Waals surface area contributed by atoms with Crippen LogP contribution in [0.15, 0.2) is 29.1 Å². The van der Waals surface area contributed by atoms with Crippen LogP contribution in [0.3, 0.4) is 0 Å². The predicted molar refractivity (Wildman–Crippen MR) is 114 cm³/mol. The molecular formula is C21H26N6O4. The summed E-state index contributed by atoms with van der Waals surface area (Å²) >= 11 is 0. The molecule has 10 heteroatoms. The summed E-state index contributed by atoms with van der Waals surface area (Å²) < 4.78 is 0. The fourth-order valence-corrected chi connectivity index (χ4v) is 5.06. The van der Waals surface area contributed by atoms with Crippen molar-refractivity contribution in [3.05, 3.63) is 34.6 Å². The van der Waals surface area contributed by atoms with E-state index in [1.807, 2.05) is 32.9 Å². The van der Waals surface area contributed by atoms with Gasteiger partial charge in [0.25, 0.3) is 5.56 Å². The van der Waals surface area contributed by atoms with Gasteiger partial charge in [0.1, 0.15) is 0 Å². The first-order valence-electron chi connectivity index (χ1n) is 10.7. The summed E-state index contributed by atoms with van der Waals surface area (Å²) in [6.07, 6.45) is 0.792. The minimum absolute atomic E-state index is 0.0188. The lowest BCUT2D eigenvalue weighted by atomic mass is 9.86. The molecule has 1 aromatic heterocycles. The Hall–Kier alpha value is -3.30. The topological polar surface area (TPSA) is 113 Å². The van der Waals surface area contributed by atoms with E-state index in [1.54, 1.807) is 6.07 Å². The SMILES string of the molecule is O=C(O)N1CCC2(CCN(C(=O)N3CCN(c4nc5ccccc5c(=O)[nH]4)CC3)C2)C1. The van der Waals surface area contributed by atoms with Gasteiger partial charge >= 0.3 is 12.1 Å². The van der Waals surface area contributed by atoms with Crippen LogP contribution in [-0.4, -0.2) is 94.3 Å². The average molecular weight is 426 g/mol. The molecule has 5 rings (SSSR count). The maximum absolute atomic E-state index is 13.1. The number of fused-ring (bicyclic) bond motifs is 1. The molecular weight excluding hydrogens is 400 g/mol. The smallest absolute Gasteiger partial charge is 0.407 e. The number of carbonyl (C=O) groups is 2. The van der Waals surface area contributed by atoms with Gasteiger partial charge in [-0.1, -0.05) is 12.1 Å². The molecule has 2 aromatic rings. The first-order valence-corrected chi connectivity index (χ1v) is 10.7. The first kappa shape index (κ1) is 19.7. The molecule has 1 aromatic carbocycles. The molecule has 3 aliphatic heterocycles. The number of hydrogen-bond donors (Lipinski definition) is 2. The summed E-state index contributed by atoms with van der Waals surface area (Å²) in [5, 5.41) is 9.80. The monoisotopic (exact) mass is 426 g/mol. The third-order valence-electron chi connectivity index (χ3n) is 6.87. The number of likely N-dealkylation sites (tertiary alicyclic amines) is 2. The lowest BCUT2D eigenvalue weighted by Gasteiger charge is -2.37. The Labute approximate surface area is 179 Å². The van der Waals surface area contributed by atoms with Crippen molar-refractivity contribution >= 4 is 29.0 Å². The van der Waals surface area contributed by atoms with E-state index in [0.29, 0.717) is 69.2 Å². The van der Waals surface area contributed by atoms with Crippen LogP contribution in [0, 0.1) is 5.41 Å². The maximum atomic E-state index is 13.1. The van der Waals surface area contributed by atoms with Gasteiger partial charge in [-0.15, -0.1) is 0 Å². The van der Waals surface area contributed by atoms with Crippen LogP contribution in [0.1, 0.15) is 12.8 Å². The molecule has 0 aliphatic carbocycles. The summed E-state index contributed by atoms with van der Waals surface area (Å²) in [7, 11) is 0. The van der Waals surface area contributed by atoms with Crippen LogP contribution in [0.25, 0.3) is 10.9 Å². The summed E-state index contributed by atoms with van der Waals surface area (Å²) in [4.78, 5) is 51.3. The van der Waals surface area contributed by atoms with E-state index in [4.69, 9.17) is 0 Å². The molecule has 0 radical (unpaired) electrons. The van der Waals surface area contributed by atoms with E-state index < -0.39 is 6.09 Å². The van der Waals surface area contributed by atoms with Gasteiger partial charge in [0.2, 0.25) is 5.95 Å². The summed E-state index contributed by atoms with van der Waals surface area (Å²) in [6, 6.07) is 7.27. The molecule has 1 spiro atoms. The average Bonchev–Trinajstić information content (AvgIpc) is 3.40. The zero-order chi connectivity index (χ0) is 21.6. The Bertz CT molecular complexity index is 1080. The molecule has 3 fully saturated rings. The molecule has 2 N–H and O–H groups in total. The van der Waals surface area contributed by atoms with Crippen LogP contribution in [-0.2, 0) is 0 Å². The number of nitrogens with one attached hydrogen (secondary N) is 1. The number of nitrogens with zero attached hydrogens (tertiary/aromatic N) is 5. The van der Waals surface area contributed by atoms with Crippen LogP contribution < -0.4 is 10.5 Å². The van der Waals surface area contributed by atoms with Gasteiger partial charge < -0.3 is 24.7 Å². The highest BCUT2D eigenvalue weighted by atomic mass is 16.4. The van der Waals surface area contributed by atoms with Crippen LogP contribution in [0.2, 0.25) is 0 Å². The number of urea groups is 1. The number of carboxylic acid groups (broad SMARTS) is 1. The van der Waals surface area contributed by atoms with Gasteiger partial charge in [0.05, 0.1) is 10.9 Å². The van der Waals surface area contributed by atoms with E-state index in [0.717, 1.165) is 12.8 Å². The molecule has 3 amide bonds. The molecule has 3 saturated heterocycles. The van der Waals surface area contributed by atoms with E-state index >= 15 is 0 Å². The molecule has 0 saturated carbocycles. The molecule has 3 aliphatic rings. The van der Waals surface area contributed by atoms with Crippen LogP contribution >= 0.6 is 0 Å². The van der Waals surface area contributed by atoms with E-state index in [-0.39, 0.29) is 17.0 Å². The van der Waals surface area contributed by atoms with E-state index in [9.17, 15) is 19.5 Å². The Morgan fingerprint density at radius 3 is 2.32 bits per heavy atom. The van der Waals surface area contributed by atoms with Gasteiger partial charge in [-0.2, -0.15) is 0 Å². The number of amides is 3. The second-order valence-corrected chi connectivity index (χ2v) is 8.79. The number of benzene rings is 1. The third kappa shape index (κ3) is 3.55. The van der Waals surface area contributed by atoms with Gasteiger partial charge in [-0.3, -0.25) is 9.78 Å². The summed E-state index contributed by atoms with van der Waals surface area (Å²) in [6.45, 7) is 4.66. The molecule has 164 valence electrons. The molecule has 10 nitrogen and oxygen atoms in total. The van der Waals surface area contributed by atoms with Gasteiger partial charge in [0, 0.05) is 57.8 Å². The van der Waals surface area contributed by atoms with Crippen molar-refractivity contribution in [1.29, 1.82) is 0 Å².